The van der Waals surface area contributed by atoms with E-state index in [1.165, 1.54) is 0 Å². The molecular formula is C15H19N7. The Morgan fingerprint density at radius 2 is 2.32 bits per heavy atom. The van der Waals surface area contributed by atoms with Crippen molar-refractivity contribution in [3.63, 3.8) is 0 Å². The maximum absolute atomic E-state index is 8.91. The molecule has 0 saturated carbocycles. The van der Waals surface area contributed by atoms with Crippen LogP contribution >= 0.6 is 0 Å². The first-order chi connectivity index (χ1) is 10.7. The largest absolute Gasteiger partial charge is 0.355 e. The zero-order chi connectivity index (χ0) is 15.5. The van der Waals surface area contributed by atoms with Crippen molar-refractivity contribution in [3.05, 3.63) is 29.7 Å². The maximum atomic E-state index is 8.91. The first kappa shape index (κ1) is 14.3. The van der Waals surface area contributed by atoms with Crippen LogP contribution in [0.5, 0.6) is 0 Å². The van der Waals surface area contributed by atoms with E-state index in [2.05, 4.69) is 31.3 Å². The van der Waals surface area contributed by atoms with Crippen molar-refractivity contribution in [2.75, 3.05) is 23.3 Å². The maximum Gasteiger partial charge on any atom is 0.224 e. The van der Waals surface area contributed by atoms with Crippen LogP contribution < -0.4 is 10.2 Å². The molecule has 0 spiro atoms. The Morgan fingerprint density at radius 3 is 3.05 bits per heavy atom. The lowest BCUT2D eigenvalue weighted by Crippen LogP contribution is -2.43. The van der Waals surface area contributed by atoms with E-state index in [4.69, 9.17) is 5.26 Å². The molecule has 0 amide bonds. The van der Waals surface area contributed by atoms with Crippen LogP contribution in [0, 0.1) is 18.3 Å². The Hall–Kier alpha value is -2.62. The Kier molecular flexibility index (Phi) is 3.92. The van der Waals surface area contributed by atoms with E-state index in [1.807, 2.05) is 24.7 Å². The predicted octanol–water partition coefficient (Wildman–Crippen LogP) is 1.47. The molecule has 0 bridgehead atoms. The van der Waals surface area contributed by atoms with Crippen LogP contribution in [-0.4, -0.2) is 38.9 Å². The van der Waals surface area contributed by atoms with Gasteiger partial charge in [0.1, 0.15) is 17.6 Å². The second-order valence-electron chi connectivity index (χ2n) is 5.57. The van der Waals surface area contributed by atoms with Gasteiger partial charge >= 0.3 is 0 Å². The van der Waals surface area contributed by atoms with Gasteiger partial charge in [0.15, 0.2) is 0 Å². The fourth-order valence-electron chi connectivity index (χ4n) is 2.87. The summed E-state index contributed by atoms with van der Waals surface area (Å²) < 4.78 is 1.92. The van der Waals surface area contributed by atoms with E-state index < -0.39 is 0 Å². The smallest absolute Gasteiger partial charge is 0.224 e. The molecule has 1 atom stereocenters. The van der Waals surface area contributed by atoms with Gasteiger partial charge in [0.05, 0.1) is 5.69 Å². The van der Waals surface area contributed by atoms with Gasteiger partial charge in [-0.1, -0.05) is 0 Å². The zero-order valence-corrected chi connectivity index (χ0v) is 12.8. The highest BCUT2D eigenvalue weighted by molar-refractivity contribution is 5.42. The highest BCUT2D eigenvalue weighted by Gasteiger charge is 2.22. The monoisotopic (exact) mass is 297 g/mol. The van der Waals surface area contributed by atoms with E-state index >= 15 is 0 Å². The third-order valence-corrected chi connectivity index (χ3v) is 3.83. The molecule has 1 aliphatic rings. The number of anilines is 2. The molecule has 7 nitrogen and oxygen atoms in total. The van der Waals surface area contributed by atoms with Crippen LogP contribution in [0.1, 0.15) is 24.2 Å². The number of rotatable bonds is 3. The van der Waals surface area contributed by atoms with Crippen LogP contribution in [0.25, 0.3) is 0 Å². The molecule has 7 heteroatoms. The Balaban J connectivity index is 1.70. The summed E-state index contributed by atoms with van der Waals surface area (Å²) in [6, 6.07) is 6.01. The van der Waals surface area contributed by atoms with Crippen LogP contribution in [0.3, 0.4) is 0 Å². The normalized spacial score (nSPS) is 18.0. The van der Waals surface area contributed by atoms with Gasteiger partial charge in [-0.2, -0.15) is 10.4 Å². The van der Waals surface area contributed by atoms with E-state index in [1.54, 1.807) is 12.3 Å². The lowest BCUT2D eigenvalue weighted by Gasteiger charge is -2.34. The molecule has 3 rings (SSSR count). The first-order valence-corrected chi connectivity index (χ1v) is 7.41. The molecule has 2 aromatic heterocycles. The van der Waals surface area contributed by atoms with Gasteiger partial charge < -0.3 is 10.2 Å². The van der Waals surface area contributed by atoms with Gasteiger partial charge in [-0.25, -0.2) is 9.97 Å². The van der Waals surface area contributed by atoms with E-state index in [9.17, 15) is 0 Å². The summed E-state index contributed by atoms with van der Waals surface area (Å²) in [6.45, 7) is 3.90. The Bertz CT molecular complexity index is 700. The average molecular weight is 297 g/mol. The topological polar surface area (TPSA) is 82.7 Å². The Labute approximate surface area is 129 Å². The van der Waals surface area contributed by atoms with Crippen LogP contribution in [0.2, 0.25) is 0 Å². The van der Waals surface area contributed by atoms with Crippen molar-refractivity contribution in [1.29, 1.82) is 5.26 Å². The summed E-state index contributed by atoms with van der Waals surface area (Å²) in [6.07, 6.45) is 3.77. The second-order valence-corrected chi connectivity index (χ2v) is 5.57. The van der Waals surface area contributed by atoms with Gasteiger partial charge in [0, 0.05) is 38.4 Å². The van der Waals surface area contributed by atoms with Gasteiger partial charge in [-0.15, -0.1) is 0 Å². The van der Waals surface area contributed by atoms with Gasteiger partial charge in [0.2, 0.25) is 5.95 Å². The third-order valence-electron chi connectivity index (χ3n) is 3.83. The number of nitriles is 1. The fourth-order valence-corrected chi connectivity index (χ4v) is 2.87. The summed E-state index contributed by atoms with van der Waals surface area (Å²) >= 11 is 0. The molecule has 0 unspecified atom stereocenters. The van der Waals surface area contributed by atoms with Crippen molar-refractivity contribution in [3.8, 4) is 6.07 Å². The average Bonchev–Trinajstić information content (AvgIpc) is 2.86. The molecule has 2 aromatic rings. The van der Waals surface area contributed by atoms with E-state index in [-0.39, 0.29) is 6.04 Å². The first-order valence-electron chi connectivity index (χ1n) is 7.41. The van der Waals surface area contributed by atoms with Crippen LogP contribution in [0.15, 0.2) is 18.3 Å². The third kappa shape index (κ3) is 3.01. The number of hydrogen-bond donors (Lipinski definition) is 1. The minimum Gasteiger partial charge on any atom is -0.355 e. The molecule has 1 N–H and O–H groups in total. The molecule has 1 aliphatic heterocycles. The molecular weight excluding hydrogens is 278 g/mol. The molecule has 114 valence electrons. The summed E-state index contributed by atoms with van der Waals surface area (Å²) in [5, 5.41) is 16.7. The van der Waals surface area contributed by atoms with Crippen molar-refractivity contribution in [2.24, 2.45) is 7.05 Å². The van der Waals surface area contributed by atoms with Gasteiger partial charge in [-0.3, -0.25) is 4.68 Å². The highest BCUT2D eigenvalue weighted by Crippen LogP contribution is 2.21. The molecule has 0 aromatic carbocycles. The lowest BCUT2D eigenvalue weighted by atomic mass is 10.1. The quantitative estimate of drug-likeness (QED) is 0.923. The number of aryl methyl sites for hydroxylation is 2. The van der Waals surface area contributed by atoms with E-state index in [0.717, 1.165) is 37.4 Å². The number of hydrogen-bond acceptors (Lipinski definition) is 6. The van der Waals surface area contributed by atoms with Crippen molar-refractivity contribution < 1.29 is 0 Å². The summed E-state index contributed by atoms with van der Waals surface area (Å²) in [5.74, 6) is 1.66. The molecule has 1 saturated heterocycles. The van der Waals surface area contributed by atoms with Crippen molar-refractivity contribution in [2.45, 2.75) is 25.8 Å². The minimum absolute atomic E-state index is 0.262. The summed E-state index contributed by atoms with van der Waals surface area (Å²) in [5.41, 5.74) is 1.41. The number of nitrogens with zero attached hydrogens (tertiary/aromatic N) is 6. The summed E-state index contributed by atoms with van der Waals surface area (Å²) in [4.78, 5) is 10.7. The summed E-state index contributed by atoms with van der Waals surface area (Å²) in [7, 11) is 1.97. The molecule has 1 fully saturated rings. The van der Waals surface area contributed by atoms with Gasteiger partial charge in [0.25, 0.3) is 0 Å². The van der Waals surface area contributed by atoms with Crippen LogP contribution in [0.4, 0.5) is 11.8 Å². The standard InChI is InChI=1S/C15H19N7/c1-11-8-14(21(2)20-11)22-7-3-4-13(10-22)19-15-17-6-5-12(9-16)18-15/h5-6,8,13H,3-4,7,10H2,1-2H3,(H,17,18,19)/t13-/m0/s1. The van der Waals surface area contributed by atoms with Crippen LogP contribution in [-0.2, 0) is 7.05 Å². The predicted molar refractivity (Wildman–Crippen MR) is 83.5 cm³/mol. The van der Waals surface area contributed by atoms with Gasteiger partial charge in [-0.05, 0) is 25.8 Å². The van der Waals surface area contributed by atoms with Crippen molar-refractivity contribution >= 4 is 11.8 Å². The molecule has 0 radical (unpaired) electrons. The molecule has 0 aliphatic carbocycles. The Morgan fingerprint density at radius 1 is 1.45 bits per heavy atom. The molecule has 3 heterocycles. The fraction of sp³-hybridized carbons (Fsp3) is 0.467. The lowest BCUT2D eigenvalue weighted by molar-refractivity contribution is 0.516. The number of aromatic nitrogens is 4. The zero-order valence-electron chi connectivity index (χ0n) is 12.8. The van der Waals surface area contributed by atoms with E-state index in [0.29, 0.717) is 11.6 Å². The molecule has 22 heavy (non-hydrogen) atoms. The minimum atomic E-state index is 0.262. The second kappa shape index (κ2) is 6.02. The SMILES string of the molecule is Cc1cc(N2CCC[C@H](Nc3nccc(C#N)n3)C2)n(C)n1. The number of piperidine rings is 1. The highest BCUT2D eigenvalue weighted by atomic mass is 15.4. The van der Waals surface area contributed by atoms with Crippen molar-refractivity contribution in [1.82, 2.24) is 19.7 Å². The number of nitrogens with one attached hydrogen (secondary N) is 1.